The van der Waals surface area contributed by atoms with Gasteiger partial charge in [-0.1, -0.05) is 33.1 Å². The predicted molar refractivity (Wildman–Crippen MR) is 86.5 cm³/mol. The number of hydrogen-bond acceptors (Lipinski definition) is 5. The summed E-state index contributed by atoms with van der Waals surface area (Å²) < 4.78 is 0. The van der Waals surface area contributed by atoms with Gasteiger partial charge in [-0.15, -0.1) is 5.10 Å². The summed E-state index contributed by atoms with van der Waals surface area (Å²) in [6, 6.07) is 0.560. The molecule has 1 aliphatic carbocycles. The van der Waals surface area contributed by atoms with Crippen molar-refractivity contribution in [2.24, 2.45) is 5.73 Å². The third kappa shape index (κ3) is 4.13. The van der Waals surface area contributed by atoms with Crippen molar-refractivity contribution in [1.82, 2.24) is 15.2 Å². The number of nitrogens with two attached hydrogens (primary N) is 1. The first kappa shape index (κ1) is 16.1. The molecular formula is C16H29N5. The maximum absolute atomic E-state index is 5.70. The van der Waals surface area contributed by atoms with Gasteiger partial charge in [-0.3, -0.25) is 0 Å². The molecule has 21 heavy (non-hydrogen) atoms. The molecule has 1 fully saturated rings. The van der Waals surface area contributed by atoms with E-state index in [-0.39, 0.29) is 0 Å². The third-order valence-electron chi connectivity index (χ3n) is 4.37. The molecule has 1 saturated carbocycles. The van der Waals surface area contributed by atoms with E-state index in [1.165, 1.54) is 32.1 Å². The van der Waals surface area contributed by atoms with E-state index in [0.717, 1.165) is 43.1 Å². The van der Waals surface area contributed by atoms with Crippen LogP contribution in [0.5, 0.6) is 0 Å². The Hall–Kier alpha value is -1.23. The van der Waals surface area contributed by atoms with Crippen molar-refractivity contribution in [3.63, 3.8) is 0 Å². The number of hydrogen-bond donors (Lipinski definition) is 1. The SMILES string of the molecule is CCc1nnc(N(CCCN)C2CCCCC2)nc1CC. The summed E-state index contributed by atoms with van der Waals surface area (Å²) in [4.78, 5) is 7.16. The van der Waals surface area contributed by atoms with Gasteiger partial charge in [-0.25, -0.2) is 4.98 Å². The van der Waals surface area contributed by atoms with Crippen LogP contribution in [0.1, 0.15) is 63.8 Å². The van der Waals surface area contributed by atoms with Gasteiger partial charge in [-0.2, -0.15) is 5.10 Å². The highest BCUT2D eigenvalue weighted by Crippen LogP contribution is 2.25. The van der Waals surface area contributed by atoms with Crippen LogP contribution < -0.4 is 10.6 Å². The minimum atomic E-state index is 0.560. The normalized spacial score (nSPS) is 16.1. The zero-order chi connectivity index (χ0) is 15.1. The Bertz CT molecular complexity index is 429. The molecule has 0 aromatic carbocycles. The number of nitrogens with zero attached hydrogens (tertiary/aromatic N) is 4. The minimum Gasteiger partial charge on any atom is -0.336 e. The highest BCUT2D eigenvalue weighted by molar-refractivity contribution is 5.32. The van der Waals surface area contributed by atoms with Crippen LogP contribution in [0.25, 0.3) is 0 Å². The van der Waals surface area contributed by atoms with E-state index in [0.29, 0.717) is 12.6 Å². The molecule has 0 atom stereocenters. The minimum absolute atomic E-state index is 0.560. The fraction of sp³-hybridized carbons (Fsp3) is 0.812. The van der Waals surface area contributed by atoms with Gasteiger partial charge in [0.25, 0.3) is 0 Å². The van der Waals surface area contributed by atoms with Crippen molar-refractivity contribution >= 4 is 5.95 Å². The largest absolute Gasteiger partial charge is 0.336 e. The summed E-state index contributed by atoms with van der Waals surface area (Å²) in [6.45, 7) is 5.90. The molecule has 5 nitrogen and oxygen atoms in total. The quantitative estimate of drug-likeness (QED) is 0.836. The van der Waals surface area contributed by atoms with E-state index in [2.05, 4.69) is 28.9 Å². The van der Waals surface area contributed by atoms with Gasteiger partial charge in [-0.05, 0) is 38.6 Å². The molecule has 1 aromatic rings. The second kappa shape index (κ2) is 8.27. The maximum atomic E-state index is 5.70. The molecule has 0 bridgehead atoms. The van der Waals surface area contributed by atoms with E-state index in [1.807, 2.05) is 0 Å². The molecule has 0 saturated heterocycles. The Morgan fingerprint density at radius 2 is 1.76 bits per heavy atom. The topological polar surface area (TPSA) is 67.9 Å². The highest BCUT2D eigenvalue weighted by Gasteiger charge is 2.23. The van der Waals surface area contributed by atoms with Crippen LogP contribution >= 0.6 is 0 Å². The summed E-state index contributed by atoms with van der Waals surface area (Å²) in [5.74, 6) is 0.810. The molecule has 5 heteroatoms. The first-order valence-corrected chi connectivity index (χ1v) is 8.49. The molecule has 1 heterocycles. The lowest BCUT2D eigenvalue weighted by atomic mass is 9.94. The van der Waals surface area contributed by atoms with Gasteiger partial charge in [0.05, 0.1) is 11.4 Å². The van der Waals surface area contributed by atoms with Crippen molar-refractivity contribution in [2.45, 2.75) is 71.3 Å². The lowest BCUT2D eigenvalue weighted by molar-refractivity contribution is 0.407. The number of aromatic nitrogens is 3. The van der Waals surface area contributed by atoms with Crippen LogP contribution in [0.3, 0.4) is 0 Å². The van der Waals surface area contributed by atoms with Gasteiger partial charge in [0.15, 0.2) is 0 Å². The van der Waals surface area contributed by atoms with Crippen LogP contribution in [0.15, 0.2) is 0 Å². The standard InChI is InChI=1S/C16H29N5/c1-3-14-15(4-2)19-20-16(18-14)21(12-8-11-17)13-9-6-5-7-10-13/h13H,3-12,17H2,1-2H3. The van der Waals surface area contributed by atoms with Gasteiger partial charge in [0.2, 0.25) is 5.95 Å². The molecule has 0 amide bonds. The molecule has 1 aliphatic rings. The van der Waals surface area contributed by atoms with Gasteiger partial charge >= 0.3 is 0 Å². The van der Waals surface area contributed by atoms with Crippen molar-refractivity contribution in [3.05, 3.63) is 11.4 Å². The smallest absolute Gasteiger partial charge is 0.245 e. The molecular weight excluding hydrogens is 262 g/mol. The number of rotatable bonds is 7. The molecule has 1 aromatic heterocycles. The summed E-state index contributed by atoms with van der Waals surface area (Å²) in [6.07, 6.45) is 9.26. The van der Waals surface area contributed by atoms with Crippen LogP contribution in [0.2, 0.25) is 0 Å². The first-order valence-electron chi connectivity index (χ1n) is 8.49. The van der Waals surface area contributed by atoms with Gasteiger partial charge < -0.3 is 10.6 Å². The van der Waals surface area contributed by atoms with E-state index >= 15 is 0 Å². The van der Waals surface area contributed by atoms with Crippen molar-refractivity contribution < 1.29 is 0 Å². The Balaban J connectivity index is 2.22. The van der Waals surface area contributed by atoms with Crippen molar-refractivity contribution in [2.75, 3.05) is 18.0 Å². The molecule has 2 rings (SSSR count). The fourth-order valence-electron chi connectivity index (χ4n) is 3.15. The predicted octanol–water partition coefficient (Wildman–Crippen LogP) is 2.48. The zero-order valence-corrected chi connectivity index (χ0v) is 13.5. The van der Waals surface area contributed by atoms with E-state index in [4.69, 9.17) is 10.7 Å². The Morgan fingerprint density at radius 3 is 2.38 bits per heavy atom. The zero-order valence-electron chi connectivity index (χ0n) is 13.5. The van der Waals surface area contributed by atoms with Gasteiger partial charge in [0, 0.05) is 12.6 Å². The molecule has 2 N–H and O–H groups in total. The number of aryl methyl sites for hydroxylation is 2. The molecule has 0 radical (unpaired) electrons. The van der Waals surface area contributed by atoms with Crippen LogP contribution in [-0.2, 0) is 12.8 Å². The van der Waals surface area contributed by atoms with Crippen LogP contribution in [-0.4, -0.2) is 34.3 Å². The second-order valence-corrected chi connectivity index (χ2v) is 5.84. The van der Waals surface area contributed by atoms with Crippen LogP contribution in [0, 0.1) is 0 Å². The average molecular weight is 291 g/mol. The van der Waals surface area contributed by atoms with Crippen LogP contribution in [0.4, 0.5) is 5.95 Å². The van der Waals surface area contributed by atoms with E-state index in [9.17, 15) is 0 Å². The molecule has 118 valence electrons. The summed E-state index contributed by atoms with van der Waals surface area (Å²) in [7, 11) is 0. The molecule has 0 spiro atoms. The fourth-order valence-corrected chi connectivity index (χ4v) is 3.15. The molecule has 0 unspecified atom stereocenters. The average Bonchev–Trinajstić information content (AvgIpc) is 2.56. The van der Waals surface area contributed by atoms with E-state index < -0.39 is 0 Å². The molecule has 0 aliphatic heterocycles. The summed E-state index contributed by atoms with van der Waals surface area (Å²) in [5.41, 5.74) is 7.83. The highest BCUT2D eigenvalue weighted by atomic mass is 15.3. The van der Waals surface area contributed by atoms with Crippen molar-refractivity contribution in [1.29, 1.82) is 0 Å². The summed E-state index contributed by atoms with van der Waals surface area (Å²) in [5, 5.41) is 8.82. The lowest BCUT2D eigenvalue weighted by Gasteiger charge is -2.34. The third-order valence-corrected chi connectivity index (χ3v) is 4.37. The number of anilines is 1. The summed E-state index contributed by atoms with van der Waals surface area (Å²) >= 11 is 0. The Morgan fingerprint density at radius 1 is 1.05 bits per heavy atom. The first-order chi connectivity index (χ1) is 10.3. The second-order valence-electron chi connectivity index (χ2n) is 5.84. The maximum Gasteiger partial charge on any atom is 0.245 e. The van der Waals surface area contributed by atoms with Gasteiger partial charge in [0.1, 0.15) is 0 Å². The monoisotopic (exact) mass is 291 g/mol. The Labute approximate surface area is 128 Å². The Kier molecular flexibility index (Phi) is 6.36. The van der Waals surface area contributed by atoms with Crippen molar-refractivity contribution in [3.8, 4) is 0 Å². The lowest BCUT2D eigenvalue weighted by Crippen LogP contribution is -2.39. The van der Waals surface area contributed by atoms with E-state index in [1.54, 1.807) is 0 Å².